The highest BCUT2D eigenvalue weighted by Crippen LogP contribution is 2.07. The van der Waals surface area contributed by atoms with Gasteiger partial charge >= 0.3 is 0 Å². The number of hydrogen-bond donors (Lipinski definition) is 1. The van der Waals surface area contributed by atoms with Gasteiger partial charge in [-0.25, -0.2) is 0 Å². The molecule has 1 atom stereocenters. The predicted octanol–water partition coefficient (Wildman–Crippen LogP) is 0.432. The molecule has 1 unspecified atom stereocenters. The molecule has 1 heterocycles. The molecule has 1 saturated heterocycles. The van der Waals surface area contributed by atoms with Crippen molar-refractivity contribution in [1.82, 2.24) is 15.1 Å². The molecule has 102 valence electrons. The smallest absolute Gasteiger partial charge is 0.236 e. The highest BCUT2D eigenvalue weighted by atomic mass is 16.2. The summed E-state index contributed by atoms with van der Waals surface area (Å²) in [7, 11) is 3.73. The lowest BCUT2D eigenvalue weighted by molar-refractivity contribution is -0.130. The zero-order valence-corrected chi connectivity index (χ0v) is 11.5. The first-order chi connectivity index (χ1) is 8.63. The summed E-state index contributed by atoms with van der Waals surface area (Å²) in [6.45, 7) is 2.96. The second-order valence-corrected chi connectivity index (χ2v) is 5.07. The summed E-state index contributed by atoms with van der Waals surface area (Å²) >= 11 is 0. The standard InChI is InChI=1S/C13H24N4O/c1-16(10-12-6-3-4-8-15-12)11-13(18)17(2)9-5-7-14/h12,15H,3-6,8-11H2,1-2H3. The van der Waals surface area contributed by atoms with Crippen LogP contribution in [0.5, 0.6) is 0 Å². The van der Waals surface area contributed by atoms with Crippen molar-refractivity contribution in [3.05, 3.63) is 0 Å². The van der Waals surface area contributed by atoms with Gasteiger partial charge in [-0.05, 0) is 26.4 Å². The summed E-state index contributed by atoms with van der Waals surface area (Å²) in [5.74, 6) is 0.0866. The third-order valence-corrected chi connectivity index (χ3v) is 3.33. The fraction of sp³-hybridized carbons (Fsp3) is 0.846. The molecule has 0 saturated carbocycles. The zero-order chi connectivity index (χ0) is 13.4. The Kier molecular flexibility index (Phi) is 6.69. The van der Waals surface area contributed by atoms with Gasteiger partial charge in [-0.3, -0.25) is 9.69 Å². The highest BCUT2D eigenvalue weighted by molar-refractivity contribution is 5.77. The van der Waals surface area contributed by atoms with E-state index in [4.69, 9.17) is 5.26 Å². The molecular weight excluding hydrogens is 228 g/mol. The number of nitrogens with one attached hydrogen (secondary N) is 1. The third kappa shape index (κ3) is 5.48. The lowest BCUT2D eigenvalue weighted by Gasteiger charge is -2.28. The summed E-state index contributed by atoms with van der Waals surface area (Å²) in [6.07, 6.45) is 4.14. The SMILES string of the molecule is CN(CC(=O)N(C)CCC#N)CC1CCCCN1. The number of nitrogens with zero attached hydrogens (tertiary/aromatic N) is 3. The molecule has 1 N–H and O–H groups in total. The van der Waals surface area contributed by atoms with E-state index in [9.17, 15) is 4.79 Å². The first-order valence-corrected chi connectivity index (χ1v) is 6.66. The maximum atomic E-state index is 11.9. The van der Waals surface area contributed by atoms with E-state index in [-0.39, 0.29) is 5.91 Å². The zero-order valence-electron chi connectivity index (χ0n) is 11.5. The van der Waals surface area contributed by atoms with E-state index >= 15 is 0 Å². The van der Waals surface area contributed by atoms with E-state index in [2.05, 4.69) is 16.3 Å². The second kappa shape index (κ2) is 8.06. The normalized spacial score (nSPS) is 19.6. The van der Waals surface area contributed by atoms with Crippen LogP contribution in [-0.2, 0) is 4.79 Å². The van der Waals surface area contributed by atoms with Crippen LogP contribution in [0, 0.1) is 11.3 Å². The van der Waals surface area contributed by atoms with Crippen LogP contribution in [0.3, 0.4) is 0 Å². The Morgan fingerprint density at radius 2 is 2.22 bits per heavy atom. The van der Waals surface area contributed by atoms with Crippen LogP contribution in [0.15, 0.2) is 0 Å². The fourth-order valence-electron chi connectivity index (χ4n) is 2.21. The topological polar surface area (TPSA) is 59.4 Å². The van der Waals surface area contributed by atoms with Crippen LogP contribution in [0.4, 0.5) is 0 Å². The number of rotatable bonds is 6. The van der Waals surface area contributed by atoms with E-state index < -0.39 is 0 Å². The van der Waals surface area contributed by atoms with E-state index in [1.807, 2.05) is 7.05 Å². The van der Waals surface area contributed by atoms with Crippen molar-refractivity contribution in [3.63, 3.8) is 0 Å². The van der Waals surface area contributed by atoms with Gasteiger partial charge in [0.15, 0.2) is 0 Å². The number of carbonyl (C=O) groups excluding carboxylic acids is 1. The molecule has 0 aromatic carbocycles. The molecule has 1 amide bonds. The van der Waals surface area contributed by atoms with Crippen molar-refractivity contribution in [1.29, 1.82) is 5.26 Å². The molecule has 5 nitrogen and oxygen atoms in total. The van der Waals surface area contributed by atoms with Gasteiger partial charge in [0.25, 0.3) is 0 Å². The number of hydrogen-bond acceptors (Lipinski definition) is 4. The largest absolute Gasteiger partial charge is 0.344 e. The highest BCUT2D eigenvalue weighted by Gasteiger charge is 2.17. The van der Waals surface area contributed by atoms with Gasteiger partial charge in [0, 0.05) is 26.2 Å². The first-order valence-electron chi connectivity index (χ1n) is 6.66. The van der Waals surface area contributed by atoms with Gasteiger partial charge in [0.2, 0.25) is 5.91 Å². The Labute approximate surface area is 110 Å². The first kappa shape index (κ1) is 14.9. The van der Waals surface area contributed by atoms with E-state index in [0.717, 1.165) is 13.1 Å². The van der Waals surface area contributed by atoms with Crippen LogP contribution >= 0.6 is 0 Å². The molecule has 0 radical (unpaired) electrons. The van der Waals surface area contributed by atoms with Gasteiger partial charge < -0.3 is 10.2 Å². The summed E-state index contributed by atoms with van der Waals surface area (Å²) in [6, 6.07) is 2.57. The monoisotopic (exact) mass is 252 g/mol. The van der Waals surface area contributed by atoms with Gasteiger partial charge in [0.05, 0.1) is 19.0 Å². The van der Waals surface area contributed by atoms with E-state index in [0.29, 0.717) is 25.6 Å². The minimum Gasteiger partial charge on any atom is -0.344 e. The molecule has 0 aromatic heterocycles. The molecule has 1 aliphatic heterocycles. The maximum absolute atomic E-state index is 11.9. The maximum Gasteiger partial charge on any atom is 0.236 e. The van der Waals surface area contributed by atoms with Crippen molar-refractivity contribution >= 4 is 5.91 Å². The van der Waals surface area contributed by atoms with Crippen molar-refractivity contribution in [2.24, 2.45) is 0 Å². The van der Waals surface area contributed by atoms with Crippen LogP contribution in [0.1, 0.15) is 25.7 Å². The molecule has 18 heavy (non-hydrogen) atoms. The number of amides is 1. The second-order valence-electron chi connectivity index (χ2n) is 5.07. The Morgan fingerprint density at radius 3 is 2.83 bits per heavy atom. The van der Waals surface area contributed by atoms with Crippen LogP contribution < -0.4 is 5.32 Å². The Balaban J connectivity index is 2.23. The van der Waals surface area contributed by atoms with Gasteiger partial charge in [0.1, 0.15) is 0 Å². The van der Waals surface area contributed by atoms with E-state index in [1.54, 1.807) is 11.9 Å². The van der Waals surface area contributed by atoms with Gasteiger partial charge in [-0.2, -0.15) is 5.26 Å². The molecular formula is C13H24N4O. The number of nitriles is 1. The Bertz CT molecular complexity index is 294. The molecule has 1 aliphatic rings. The molecule has 1 rings (SSSR count). The van der Waals surface area contributed by atoms with Crippen molar-refractivity contribution < 1.29 is 4.79 Å². The van der Waals surface area contributed by atoms with Crippen molar-refractivity contribution in [3.8, 4) is 6.07 Å². The van der Waals surface area contributed by atoms with Gasteiger partial charge in [-0.15, -0.1) is 0 Å². The lowest BCUT2D eigenvalue weighted by Crippen LogP contribution is -2.45. The summed E-state index contributed by atoms with van der Waals surface area (Å²) in [4.78, 5) is 15.6. The van der Waals surface area contributed by atoms with Crippen molar-refractivity contribution in [2.45, 2.75) is 31.7 Å². The Hall–Kier alpha value is -1.12. The molecule has 0 bridgehead atoms. The number of piperidine rings is 1. The summed E-state index contributed by atoms with van der Waals surface area (Å²) in [5, 5.41) is 12.0. The fourth-order valence-corrected chi connectivity index (χ4v) is 2.21. The summed E-state index contributed by atoms with van der Waals surface area (Å²) in [5.41, 5.74) is 0. The molecule has 0 aromatic rings. The molecule has 0 spiro atoms. The van der Waals surface area contributed by atoms with E-state index in [1.165, 1.54) is 19.3 Å². The van der Waals surface area contributed by atoms with Gasteiger partial charge in [-0.1, -0.05) is 6.42 Å². The molecule has 1 fully saturated rings. The minimum atomic E-state index is 0.0866. The third-order valence-electron chi connectivity index (χ3n) is 3.33. The molecule has 5 heteroatoms. The van der Waals surface area contributed by atoms with Crippen molar-refractivity contribution in [2.75, 3.05) is 40.3 Å². The quantitative estimate of drug-likeness (QED) is 0.745. The number of carbonyl (C=O) groups is 1. The average Bonchev–Trinajstić information content (AvgIpc) is 2.36. The van der Waals surface area contributed by atoms with Crippen LogP contribution in [-0.4, -0.2) is 62.0 Å². The predicted molar refractivity (Wildman–Crippen MR) is 71.0 cm³/mol. The average molecular weight is 252 g/mol. The van der Waals surface area contributed by atoms with Crippen LogP contribution in [0.25, 0.3) is 0 Å². The minimum absolute atomic E-state index is 0.0866. The van der Waals surface area contributed by atoms with Crippen LogP contribution in [0.2, 0.25) is 0 Å². The molecule has 0 aliphatic carbocycles. The Morgan fingerprint density at radius 1 is 1.44 bits per heavy atom. The number of likely N-dealkylation sites (N-methyl/N-ethyl adjacent to an activating group) is 2. The lowest BCUT2D eigenvalue weighted by atomic mass is 10.0. The summed E-state index contributed by atoms with van der Waals surface area (Å²) < 4.78 is 0.